The molecule has 0 aromatic rings. The fourth-order valence-electron chi connectivity index (χ4n) is 5.13. The highest BCUT2D eigenvalue weighted by Crippen LogP contribution is 2.83. The molecule has 0 amide bonds. The van der Waals surface area contributed by atoms with E-state index >= 15 is 0 Å². The Labute approximate surface area is 101 Å². The van der Waals surface area contributed by atoms with Gasteiger partial charge in [0.05, 0.1) is 5.60 Å². The molecule has 4 aliphatic rings. The first-order chi connectivity index (χ1) is 7.90. The smallest absolute Gasteiger partial charge is 0.333 e. The molecule has 5 unspecified atom stereocenters. The van der Waals surface area contributed by atoms with E-state index in [-0.39, 0.29) is 17.0 Å². The van der Waals surface area contributed by atoms with Gasteiger partial charge >= 0.3 is 5.97 Å². The minimum Gasteiger partial charge on any atom is -0.456 e. The van der Waals surface area contributed by atoms with Gasteiger partial charge in [-0.15, -0.1) is 0 Å². The summed E-state index contributed by atoms with van der Waals surface area (Å²) in [5.74, 6) is 1.01. The van der Waals surface area contributed by atoms with Gasteiger partial charge in [0.15, 0.2) is 0 Å². The zero-order valence-electron chi connectivity index (χ0n) is 10.2. The van der Waals surface area contributed by atoms with Gasteiger partial charge in [0.1, 0.15) is 5.60 Å². The van der Waals surface area contributed by atoms with Gasteiger partial charge in [-0.1, -0.05) is 6.58 Å². The summed E-state index contributed by atoms with van der Waals surface area (Å²) in [6.45, 7) is 5.32. The topological polar surface area (TPSA) is 46.5 Å². The molecule has 0 heterocycles. The van der Waals surface area contributed by atoms with Gasteiger partial charge in [0.2, 0.25) is 0 Å². The van der Waals surface area contributed by atoms with E-state index < -0.39 is 5.60 Å². The molecule has 4 saturated carbocycles. The van der Waals surface area contributed by atoms with Crippen molar-refractivity contribution in [3.63, 3.8) is 0 Å². The second kappa shape index (κ2) is 2.46. The molecular formula is C14H18O3. The van der Waals surface area contributed by atoms with Crippen LogP contribution >= 0.6 is 0 Å². The number of carbonyl (C=O) groups excluding carboxylic acids is 1. The van der Waals surface area contributed by atoms with Crippen LogP contribution in [0.25, 0.3) is 0 Å². The highest BCUT2D eigenvalue weighted by atomic mass is 16.6. The van der Waals surface area contributed by atoms with Crippen LogP contribution in [0.15, 0.2) is 12.2 Å². The molecule has 3 heteroatoms. The van der Waals surface area contributed by atoms with E-state index in [2.05, 4.69) is 6.58 Å². The van der Waals surface area contributed by atoms with Crippen LogP contribution in [0.5, 0.6) is 0 Å². The Hall–Kier alpha value is -0.830. The van der Waals surface area contributed by atoms with E-state index in [0.717, 1.165) is 25.7 Å². The Kier molecular flexibility index (Phi) is 1.47. The molecule has 2 bridgehead atoms. The average molecular weight is 234 g/mol. The second-order valence-electron chi connectivity index (χ2n) is 6.87. The lowest BCUT2D eigenvalue weighted by molar-refractivity contribution is -0.163. The summed E-state index contributed by atoms with van der Waals surface area (Å²) in [5, 5.41) is 10.5. The lowest BCUT2D eigenvalue weighted by Crippen LogP contribution is -2.47. The lowest BCUT2D eigenvalue weighted by atomic mass is 9.60. The summed E-state index contributed by atoms with van der Waals surface area (Å²) in [5.41, 5.74) is -0.208. The van der Waals surface area contributed by atoms with Crippen LogP contribution in [-0.4, -0.2) is 22.3 Å². The summed E-state index contributed by atoms with van der Waals surface area (Å²) >= 11 is 0. The molecule has 0 saturated heterocycles. The summed E-state index contributed by atoms with van der Waals surface area (Å²) in [4.78, 5) is 11.7. The zero-order valence-corrected chi connectivity index (χ0v) is 10.2. The van der Waals surface area contributed by atoms with Crippen molar-refractivity contribution in [2.24, 2.45) is 17.3 Å². The van der Waals surface area contributed by atoms with Crippen molar-refractivity contribution < 1.29 is 14.6 Å². The number of ether oxygens (including phenoxy) is 1. The zero-order chi connectivity index (χ0) is 12.1. The third-order valence-corrected chi connectivity index (χ3v) is 5.81. The van der Waals surface area contributed by atoms with E-state index in [4.69, 9.17) is 4.74 Å². The van der Waals surface area contributed by atoms with Gasteiger partial charge in [-0.25, -0.2) is 4.79 Å². The fourth-order valence-corrected chi connectivity index (χ4v) is 5.13. The predicted octanol–water partition coefficient (Wildman–Crippen LogP) is 1.80. The Bertz CT molecular complexity index is 456. The third kappa shape index (κ3) is 0.967. The Morgan fingerprint density at radius 1 is 1.35 bits per heavy atom. The third-order valence-electron chi connectivity index (χ3n) is 5.81. The molecule has 92 valence electrons. The molecule has 4 rings (SSSR count). The van der Waals surface area contributed by atoms with Crippen molar-refractivity contribution in [3.05, 3.63) is 12.2 Å². The number of rotatable bonds is 2. The van der Waals surface area contributed by atoms with E-state index in [1.807, 2.05) is 0 Å². The minimum absolute atomic E-state index is 0.229. The summed E-state index contributed by atoms with van der Waals surface area (Å²) in [6.07, 6.45) is 4.68. The van der Waals surface area contributed by atoms with Gasteiger partial charge in [-0.3, -0.25) is 0 Å². The van der Waals surface area contributed by atoms with Gasteiger partial charge in [-0.05, 0) is 44.4 Å². The van der Waals surface area contributed by atoms with Crippen LogP contribution in [0.2, 0.25) is 0 Å². The van der Waals surface area contributed by atoms with E-state index in [1.165, 1.54) is 0 Å². The molecule has 17 heavy (non-hydrogen) atoms. The van der Waals surface area contributed by atoms with Crippen molar-refractivity contribution in [2.45, 2.75) is 50.2 Å². The molecule has 1 spiro atoms. The molecule has 4 aliphatic carbocycles. The predicted molar refractivity (Wildman–Crippen MR) is 61.1 cm³/mol. The largest absolute Gasteiger partial charge is 0.456 e. The number of hydrogen-bond acceptors (Lipinski definition) is 3. The van der Waals surface area contributed by atoms with Crippen molar-refractivity contribution in [3.8, 4) is 0 Å². The highest BCUT2D eigenvalue weighted by molar-refractivity contribution is 5.87. The standard InChI is InChI=1S/C14H18O3/c1-8(2)11(15)17-12-3-9-4-13(10(9)5-12)7-14(13,16)6-12/h9-10,16H,1,3-7H2,2H3. The van der Waals surface area contributed by atoms with Gasteiger partial charge in [-0.2, -0.15) is 0 Å². The first-order valence-corrected chi connectivity index (χ1v) is 6.51. The first kappa shape index (κ1) is 10.1. The second-order valence-corrected chi connectivity index (χ2v) is 6.87. The van der Waals surface area contributed by atoms with Crippen molar-refractivity contribution in [2.75, 3.05) is 0 Å². The fraction of sp³-hybridized carbons (Fsp3) is 0.786. The molecule has 0 aliphatic heterocycles. The maximum atomic E-state index is 11.7. The number of carbonyl (C=O) groups is 1. The average Bonchev–Trinajstić information content (AvgIpc) is 2.75. The van der Waals surface area contributed by atoms with E-state index in [0.29, 0.717) is 23.8 Å². The maximum absolute atomic E-state index is 11.7. The quantitative estimate of drug-likeness (QED) is 0.585. The van der Waals surface area contributed by atoms with Crippen LogP contribution in [0.4, 0.5) is 0 Å². The van der Waals surface area contributed by atoms with Gasteiger partial charge in [0, 0.05) is 17.4 Å². The summed E-state index contributed by atoms with van der Waals surface area (Å²) in [6, 6.07) is 0. The molecule has 0 aromatic carbocycles. The lowest BCUT2D eigenvalue weighted by Gasteiger charge is -2.46. The first-order valence-electron chi connectivity index (χ1n) is 6.51. The molecular weight excluding hydrogens is 216 g/mol. The van der Waals surface area contributed by atoms with Crippen LogP contribution in [0, 0.1) is 17.3 Å². The number of esters is 1. The summed E-state index contributed by atoms with van der Waals surface area (Å²) in [7, 11) is 0. The van der Waals surface area contributed by atoms with E-state index in [1.54, 1.807) is 6.92 Å². The SMILES string of the molecule is C=C(C)C(=O)OC12CC3CC4(CC4(O)C1)C3C2. The van der Waals surface area contributed by atoms with Crippen molar-refractivity contribution >= 4 is 5.97 Å². The van der Waals surface area contributed by atoms with Crippen LogP contribution < -0.4 is 0 Å². The normalized spacial score (nSPS) is 56.8. The molecule has 3 nitrogen and oxygen atoms in total. The van der Waals surface area contributed by atoms with Gasteiger partial charge in [0.25, 0.3) is 0 Å². The van der Waals surface area contributed by atoms with Crippen molar-refractivity contribution in [1.82, 2.24) is 0 Å². The Morgan fingerprint density at radius 3 is 2.82 bits per heavy atom. The molecule has 4 fully saturated rings. The minimum atomic E-state index is -0.516. The number of aliphatic hydroxyl groups is 1. The summed E-state index contributed by atoms with van der Waals surface area (Å²) < 4.78 is 5.69. The molecule has 0 radical (unpaired) electrons. The van der Waals surface area contributed by atoms with Crippen LogP contribution in [0.1, 0.15) is 39.0 Å². The molecule has 1 N–H and O–H groups in total. The van der Waals surface area contributed by atoms with Crippen LogP contribution in [0.3, 0.4) is 0 Å². The Morgan fingerprint density at radius 2 is 2.12 bits per heavy atom. The number of fused-ring (bicyclic) bond motifs is 1. The monoisotopic (exact) mass is 234 g/mol. The molecule has 0 aromatic heterocycles. The van der Waals surface area contributed by atoms with Crippen molar-refractivity contribution in [1.29, 1.82) is 0 Å². The molecule has 5 atom stereocenters. The maximum Gasteiger partial charge on any atom is 0.333 e. The van der Waals surface area contributed by atoms with Crippen LogP contribution in [-0.2, 0) is 9.53 Å². The van der Waals surface area contributed by atoms with E-state index in [9.17, 15) is 9.90 Å². The Balaban J connectivity index is 1.64. The highest BCUT2D eigenvalue weighted by Gasteiger charge is 2.84. The number of hydrogen-bond donors (Lipinski definition) is 1. The van der Waals surface area contributed by atoms with Gasteiger partial charge < -0.3 is 9.84 Å².